The average Bonchev–Trinajstić information content (AvgIpc) is 2.76. The third-order valence-corrected chi connectivity index (χ3v) is 4.44. The van der Waals surface area contributed by atoms with Gasteiger partial charge in [-0.1, -0.05) is 12.1 Å². The van der Waals surface area contributed by atoms with Gasteiger partial charge >= 0.3 is 7.12 Å². The molecule has 1 saturated heterocycles. The van der Waals surface area contributed by atoms with Crippen LogP contribution in [0.3, 0.4) is 0 Å². The number of hydrogen-bond acceptors (Lipinski definition) is 6. The monoisotopic (exact) mass is 322 g/mol. The van der Waals surface area contributed by atoms with Gasteiger partial charge in [0.2, 0.25) is 5.82 Å². The molecule has 0 spiro atoms. The summed E-state index contributed by atoms with van der Waals surface area (Å²) in [6.07, 6.45) is 1.55. The molecule has 0 bridgehead atoms. The topological polar surface area (TPSA) is 80.1 Å². The summed E-state index contributed by atoms with van der Waals surface area (Å²) < 4.78 is 12.1. The van der Waals surface area contributed by atoms with Gasteiger partial charge in [0, 0.05) is 11.9 Å². The molecule has 0 atom stereocenters. The third-order valence-electron chi connectivity index (χ3n) is 4.44. The number of nitrogens with zero attached hydrogens (tertiary/aromatic N) is 3. The molecule has 1 aliphatic rings. The van der Waals surface area contributed by atoms with Gasteiger partial charge in [0.1, 0.15) is 11.9 Å². The maximum atomic E-state index is 8.88. The number of anilines is 2. The van der Waals surface area contributed by atoms with Crippen LogP contribution in [0, 0.1) is 11.3 Å². The smallest absolute Gasteiger partial charge is 0.399 e. The molecule has 1 aliphatic heterocycles. The molecule has 7 heteroatoms. The SMILES string of the molecule is CC1(C)OB(c2cccc(Nc3ccnc(C#N)n3)c2)OC1(C)C. The van der Waals surface area contributed by atoms with Crippen molar-refractivity contribution >= 4 is 24.1 Å². The summed E-state index contributed by atoms with van der Waals surface area (Å²) in [5.74, 6) is 0.690. The van der Waals surface area contributed by atoms with E-state index in [-0.39, 0.29) is 17.0 Å². The molecule has 2 aromatic rings. The first-order valence-electron chi connectivity index (χ1n) is 7.76. The highest BCUT2D eigenvalue weighted by atomic mass is 16.7. The van der Waals surface area contributed by atoms with Crippen LogP contribution in [-0.4, -0.2) is 28.3 Å². The molecule has 0 saturated carbocycles. The van der Waals surface area contributed by atoms with Gasteiger partial charge in [0.25, 0.3) is 0 Å². The third kappa shape index (κ3) is 3.11. The number of aromatic nitrogens is 2. The molecule has 0 amide bonds. The van der Waals surface area contributed by atoms with E-state index in [0.717, 1.165) is 11.2 Å². The van der Waals surface area contributed by atoms with Gasteiger partial charge in [-0.2, -0.15) is 5.26 Å². The van der Waals surface area contributed by atoms with Crippen LogP contribution in [0.25, 0.3) is 0 Å². The lowest BCUT2D eigenvalue weighted by atomic mass is 9.79. The number of benzene rings is 1. The Balaban J connectivity index is 1.81. The Bertz CT molecular complexity index is 785. The van der Waals surface area contributed by atoms with Crippen LogP contribution in [0.2, 0.25) is 0 Å². The second-order valence-electron chi connectivity index (χ2n) is 6.72. The Kier molecular flexibility index (Phi) is 4.04. The fourth-order valence-electron chi connectivity index (χ4n) is 2.37. The van der Waals surface area contributed by atoms with Crippen LogP contribution < -0.4 is 10.8 Å². The Morgan fingerprint density at radius 3 is 2.50 bits per heavy atom. The Morgan fingerprint density at radius 2 is 1.83 bits per heavy atom. The van der Waals surface area contributed by atoms with E-state index in [4.69, 9.17) is 14.6 Å². The zero-order chi connectivity index (χ0) is 17.4. The maximum Gasteiger partial charge on any atom is 0.494 e. The van der Waals surface area contributed by atoms with E-state index in [1.165, 1.54) is 0 Å². The minimum atomic E-state index is -0.420. The Morgan fingerprint density at radius 1 is 1.12 bits per heavy atom. The molecule has 0 radical (unpaired) electrons. The van der Waals surface area contributed by atoms with Crippen LogP contribution in [0.15, 0.2) is 36.5 Å². The van der Waals surface area contributed by atoms with Gasteiger partial charge in [-0.3, -0.25) is 0 Å². The summed E-state index contributed by atoms with van der Waals surface area (Å²) in [6, 6.07) is 11.4. The number of rotatable bonds is 3. The fourth-order valence-corrected chi connectivity index (χ4v) is 2.37. The van der Waals surface area contributed by atoms with E-state index in [9.17, 15) is 0 Å². The quantitative estimate of drug-likeness (QED) is 0.874. The molecule has 1 fully saturated rings. The Labute approximate surface area is 142 Å². The summed E-state index contributed by atoms with van der Waals surface area (Å²) in [7, 11) is -0.420. The van der Waals surface area contributed by atoms with Gasteiger partial charge in [-0.25, -0.2) is 9.97 Å². The fraction of sp³-hybridized carbons (Fsp3) is 0.353. The van der Waals surface area contributed by atoms with Crippen molar-refractivity contribution in [1.82, 2.24) is 9.97 Å². The number of hydrogen-bond donors (Lipinski definition) is 1. The summed E-state index contributed by atoms with van der Waals surface area (Å²) in [4.78, 5) is 7.97. The molecule has 0 unspecified atom stereocenters. The molecule has 6 nitrogen and oxygen atoms in total. The van der Waals surface area contributed by atoms with Gasteiger partial charge in [-0.15, -0.1) is 0 Å². The highest BCUT2D eigenvalue weighted by molar-refractivity contribution is 6.62. The first kappa shape index (κ1) is 16.4. The van der Waals surface area contributed by atoms with E-state index in [0.29, 0.717) is 5.82 Å². The van der Waals surface area contributed by atoms with E-state index < -0.39 is 7.12 Å². The first-order valence-corrected chi connectivity index (χ1v) is 7.76. The highest BCUT2D eigenvalue weighted by Gasteiger charge is 2.51. The highest BCUT2D eigenvalue weighted by Crippen LogP contribution is 2.36. The molecule has 24 heavy (non-hydrogen) atoms. The van der Waals surface area contributed by atoms with Crippen molar-refractivity contribution in [3.05, 3.63) is 42.4 Å². The van der Waals surface area contributed by atoms with Gasteiger partial charge < -0.3 is 14.6 Å². The molecule has 0 aliphatic carbocycles. The molecule has 122 valence electrons. The lowest BCUT2D eigenvalue weighted by Gasteiger charge is -2.32. The van der Waals surface area contributed by atoms with Crippen molar-refractivity contribution in [3.8, 4) is 6.07 Å². The normalized spacial score (nSPS) is 18.2. The van der Waals surface area contributed by atoms with Gasteiger partial charge in [-0.05, 0) is 51.4 Å². The number of nitriles is 1. The largest absolute Gasteiger partial charge is 0.494 e. The standard InChI is InChI=1S/C17H19BN4O2/c1-16(2)17(3,4)24-18(23-16)12-6-5-7-13(10-12)21-14-8-9-20-15(11-19)22-14/h5-10H,1-4H3,(H,20,21,22). The van der Waals surface area contributed by atoms with Crippen molar-refractivity contribution in [1.29, 1.82) is 5.26 Å². The molecule has 1 aromatic carbocycles. The lowest BCUT2D eigenvalue weighted by Crippen LogP contribution is -2.41. The molecular formula is C17H19BN4O2. The van der Waals surface area contributed by atoms with Crippen molar-refractivity contribution in [2.75, 3.05) is 5.32 Å². The first-order chi connectivity index (χ1) is 11.3. The maximum absolute atomic E-state index is 8.88. The zero-order valence-corrected chi connectivity index (χ0v) is 14.2. The number of nitrogens with one attached hydrogen (secondary N) is 1. The molecule has 1 N–H and O–H groups in total. The van der Waals surface area contributed by atoms with Crippen molar-refractivity contribution in [2.45, 2.75) is 38.9 Å². The Hall–Kier alpha value is -2.43. The second kappa shape index (κ2) is 5.89. The van der Waals surface area contributed by atoms with Gasteiger partial charge in [0.05, 0.1) is 11.2 Å². The lowest BCUT2D eigenvalue weighted by molar-refractivity contribution is 0.00578. The van der Waals surface area contributed by atoms with Crippen LogP contribution >= 0.6 is 0 Å². The van der Waals surface area contributed by atoms with Crippen molar-refractivity contribution in [3.63, 3.8) is 0 Å². The second-order valence-corrected chi connectivity index (χ2v) is 6.72. The molecule has 2 heterocycles. The predicted molar refractivity (Wildman–Crippen MR) is 92.2 cm³/mol. The van der Waals surface area contributed by atoms with E-state index in [2.05, 4.69) is 15.3 Å². The minimum Gasteiger partial charge on any atom is -0.399 e. The predicted octanol–water partition coefficient (Wildman–Crippen LogP) is 2.39. The van der Waals surface area contributed by atoms with E-state index in [1.54, 1.807) is 12.3 Å². The van der Waals surface area contributed by atoms with Crippen molar-refractivity contribution < 1.29 is 9.31 Å². The summed E-state index contributed by atoms with van der Waals surface area (Å²) >= 11 is 0. The average molecular weight is 322 g/mol. The summed E-state index contributed by atoms with van der Waals surface area (Å²) in [6.45, 7) is 8.11. The van der Waals surface area contributed by atoms with Crippen LogP contribution in [0.5, 0.6) is 0 Å². The summed E-state index contributed by atoms with van der Waals surface area (Å²) in [5.41, 5.74) is 1.00. The van der Waals surface area contributed by atoms with Crippen LogP contribution in [-0.2, 0) is 9.31 Å². The van der Waals surface area contributed by atoms with Crippen molar-refractivity contribution in [2.24, 2.45) is 0 Å². The van der Waals surface area contributed by atoms with E-state index in [1.807, 2.05) is 58.0 Å². The van der Waals surface area contributed by atoms with E-state index >= 15 is 0 Å². The summed E-state index contributed by atoms with van der Waals surface area (Å²) in [5, 5.41) is 12.0. The zero-order valence-electron chi connectivity index (χ0n) is 14.2. The van der Waals surface area contributed by atoms with Gasteiger partial charge in [0.15, 0.2) is 0 Å². The molecule has 1 aromatic heterocycles. The minimum absolute atomic E-state index is 0.127. The molecular weight excluding hydrogens is 303 g/mol. The molecule has 3 rings (SSSR count). The van der Waals surface area contributed by atoms with Crippen LogP contribution in [0.4, 0.5) is 11.5 Å². The van der Waals surface area contributed by atoms with Crippen LogP contribution in [0.1, 0.15) is 33.5 Å².